The third-order valence-corrected chi connectivity index (χ3v) is 3.21. The van der Waals surface area contributed by atoms with Gasteiger partial charge in [0.05, 0.1) is 0 Å². The van der Waals surface area contributed by atoms with Gasteiger partial charge >= 0.3 is 0 Å². The van der Waals surface area contributed by atoms with Gasteiger partial charge in [-0.1, -0.05) is 18.9 Å². The topological polar surface area (TPSA) is 64.3 Å². The normalized spacial score (nSPS) is 15.6. The lowest BCUT2D eigenvalue weighted by molar-refractivity contribution is -0.119. The highest BCUT2D eigenvalue weighted by molar-refractivity contribution is 5.92. The maximum atomic E-state index is 12.0. The quantitative estimate of drug-likeness (QED) is 0.839. The number of ether oxygens (including phenoxy) is 1. The number of hydrogen-bond acceptors (Lipinski definition) is 3. The van der Waals surface area contributed by atoms with Crippen LogP contribution in [0.15, 0.2) is 24.3 Å². The van der Waals surface area contributed by atoms with Crippen LogP contribution in [0.25, 0.3) is 0 Å². The monoisotopic (exact) mass is 248 g/mol. The minimum atomic E-state index is 0.128. The van der Waals surface area contributed by atoms with Gasteiger partial charge in [-0.15, -0.1) is 0 Å². The number of hydrogen-bond donors (Lipinski definition) is 2. The third kappa shape index (κ3) is 3.47. The van der Waals surface area contributed by atoms with Gasteiger partial charge in [0.15, 0.2) is 0 Å². The molecule has 0 spiro atoms. The Kier molecular flexibility index (Phi) is 4.59. The average molecular weight is 248 g/mol. The van der Waals surface area contributed by atoms with Crippen molar-refractivity contribution in [3.05, 3.63) is 24.3 Å². The van der Waals surface area contributed by atoms with Crippen LogP contribution in [0.1, 0.15) is 25.7 Å². The molecule has 0 aromatic heterocycles. The molecule has 2 rings (SSSR count). The van der Waals surface area contributed by atoms with Gasteiger partial charge in [0.1, 0.15) is 12.4 Å². The number of rotatable bonds is 5. The molecule has 18 heavy (non-hydrogen) atoms. The second-order valence-corrected chi connectivity index (χ2v) is 4.64. The van der Waals surface area contributed by atoms with E-state index in [2.05, 4.69) is 5.32 Å². The molecule has 1 aromatic rings. The molecule has 1 amide bonds. The Labute approximate surface area is 108 Å². The molecule has 1 saturated carbocycles. The fourth-order valence-corrected chi connectivity index (χ4v) is 2.27. The molecule has 1 aliphatic rings. The van der Waals surface area contributed by atoms with Crippen LogP contribution in [0, 0.1) is 5.92 Å². The number of amides is 1. The van der Waals surface area contributed by atoms with Crippen LogP contribution in [-0.2, 0) is 4.79 Å². The first-order chi connectivity index (χ1) is 8.79. The van der Waals surface area contributed by atoms with Gasteiger partial charge in [-0.05, 0) is 25.0 Å². The molecular formula is C14H20N2O2. The molecule has 0 unspecified atom stereocenters. The van der Waals surface area contributed by atoms with Gasteiger partial charge in [-0.25, -0.2) is 0 Å². The molecule has 4 nitrogen and oxygen atoms in total. The van der Waals surface area contributed by atoms with Gasteiger partial charge in [0.2, 0.25) is 5.91 Å². The molecule has 4 heteroatoms. The van der Waals surface area contributed by atoms with Gasteiger partial charge in [-0.3, -0.25) is 4.79 Å². The average Bonchev–Trinajstić information content (AvgIpc) is 2.91. The molecule has 0 aliphatic heterocycles. The number of anilines is 1. The van der Waals surface area contributed by atoms with Gasteiger partial charge in [0.25, 0.3) is 0 Å². The molecular weight excluding hydrogens is 228 g/mol. The number of carbonyl (C=O) groups excluding carboxylic acids is 1. The Bertz CT molecular complexity index is 401. The van der Waals surface area contributed by atoms with Crippen LogP contribution in [0.5, 0.6) is 5.75 Å². The van der Waals surface area contributed by atoms with Crippen molar-refractivity contribution in [1.82, 2.24) is 0 Å². The molecule has 3 N–H and O–H groups in total. The Morgan fingerprint density at radius 2 is 2.17 bits per heavy atom. The van der Waals surface area contributed by atoms with Crippen LogP contribution in [0.4, 0.5) is 5.69 Å². The van der Waals surface area contributed by atoms with Gasteiger partial charge < -0.3 is 15.8 Å². The fraction of sp³-hybridized carbons (Fsp3) is 0.500. The predicted octanol–water partition coefficient (Wildman–Crippen LogP) is 2.15. The van der Waals surface area contributed by atoms with Gasteiger partial charge in [-0.2, -0.15) is 0 Å². The van der Waals surface area contributed by atoms with E-state index in [4.69, 9.17) is 10.5 Å². The maximum absolute atomic E-state index is 12.0. The summed E-state index contributed by atoms with van der Waals surface area (Å²) in [7, 11) is 0. The summed E-state index contributed by atoms with van der Waals surface area (Å²) in [5, 5.41) is 2.95. The summed E-state index contributed by atoms with van der Waals surface area (Å²) < 4.78 is 5.43. The van der Waals surface area contributed by atoms with Crippen molar-refractivity contribution in [2.24, 2.45) is 11.7 Å². The van der Waals surface area contributed by atoms with Crippen LogP contribution in [-0.4, -0.2) is 19.1 Å². The summed E-state index contributed by atoms with van der Waals surface area (Å²) in [5.41, 5.74) is 6.18. The highest BCUT2D eigenvalue weighted by atomic mass is 16.5. The summed E-state index contributed by atoms with van der Waals surface area (Å²) in [6.45, 7) is 0.971. The van der Waals surface area contributed by atoms with E-state index in [0.717, 1.165) is 37.1 Å². The summed E-state index contributed by atoms with van der Waals surface area (Å²) in [6, 6.07) is 7.45. The zero-order valence-electron chi connectivity index (χ0n) is 10.5. The van der Waals surface area contributed by atoms with E-state index in [1.54, 1.807) is 0 Å². The molecule has 0 saturated heterocycles. The van der Waals surface area contributed by atoms with E-state index in [1.807, 2.05) is 24.3 Å². The van der Waals surface area contributed by atoms with E-state index in [0.29, 0.717) is 13.2 Å². The molecule has 0 heterocycles. The fourth-order valence-electron chi connectivity index (χ4n) is 2.27. The Balaban J connectivity index is 1.93. The van der Waals surface area contributed by atoms with Crippen molar-refractivity contribution in [2.45, 2.75) is 25.7 Å². The van der Waals surface area contributed by atoms with E-state index < -0.39 is 0 Å². The van der Waals surface area contributed by atoms with E-state index in [9.17, 15) is 4.79 Å². The molecule has 1 aliphatic carbocycles. The standard InChI is InChI=1S/C14H20N2O2/c15-8-9-18-13-7-3-6-12(10-13)16-14(17)11-4-1-2-5-11/h3,6-7,10-11H,1-2,4-5,8-9,15H2,(H,16,17). The van der Waals surface area contributed by atoms with Crippen LogP contribution >= 0.6 is 0 Å². The number of benzene rings is 1. The van der Waals surface area contributed by atoms with Gasteiger partial charge in [0, 0.05) is 24.2 Å². The first kappa shape index (κ1) is 12.9. The summed E-state index contributed by atoms with van der Waals surface area (Å²) in [4.78, 5) is 12.0. The highest BCUT2D eigenvalue weighted by Crippen LogP contribution is 2.26. The third-order valence-electron chi connectivity index (χ3n) is 3.21. The van der Waals surface area contributed by atoms with Crippen LogP contribution in [0.3, 0.4) is 0 Å². The largest absolute Gasteiger partial charge is 0.492 e. The lowest BCUT2D eigenvalue weighted by Crippen LogP contribution is -2.20. The second-order valence-electron chi connectivity index (χ2n) is 4.64. The molecule has 0 radical (unpaired) electrons. The molecule has 0 bridgehead atoms. The SMILES string of the molecule is NCCOc1cccc(NC(=O)C2CCCC2)c1. The van der Waals surface area contributed by atoms with E-state index >= 15 is 0 Å². The lowest BCUT2D eigenvalue weighted by Gasteiger charge is -2.11. The zero-order chi connectivity index (χ0) is 12.8. The smallest absolute Gasteiger partial charge is 0.227 e. The molecule has 1 aromatic carbocycles. The van der Waals surface area contributed by atoms with Crippen molar-refractivity contribution < 1.29 is 9.53 Å². The number of nitrogens with two attached hydrogens (primary N) is 1. The highest BCUT2D eigenvalue weighted by Gasteiger charge is 2.22. The molecule has 1 fully saturated rings. The van der Waals surface area contributed by atoms with Crippen molar-refractivity contribution in [1.29, 1.82) is 0 Å². The Morgan fingerprint density at radius 3 is 2.89 bits per heavy atom. The summed E-state index contributed by atoms with van der Waals surface area (Å²) >= 11 is 0. The predicted molar refractivity (Wildman–Crippen MR) is 71.6 cm³/mol. The molecule has 98 valence electrons. The lowest BCUT2D eigenvalue weighted by atomic mass is 10.1. The van der Waals surface area contributed by atoms with E-state index in [1.165, 1.54) is 0 Å². The first-order valence-corrected chi connectivity index (χ1v) is 6.53. The van der Waals surface area contributed by atoms with Crippen LogP contribution < -0.4 is 15.8 Å². The second kappa shape index (κ2) is 6.40. The summed E-state index contributed by atoms with van der Waals surface area (Å²) in [5.74, 6) is 1.05. The minimum absolute atomic E-state index is 0.128. The number of carbonyl (C=O) groups is 1. The first-order valence-electron chi connectivity index (χ1n) is 6.53. The zero-order valence-corrected chi connectivity index (χ0v) is 10.5. The Morgan fingerprint density at radius 1 is 1.39 bits per heavy atom. The molecule has 0 atom stereocenters. The summed E-state index contributed by atoms with van der Waals surface area (Å²) in [6.07, 6.45) is 4.35. The van der Waals surface area contributed by atoms with Crippen molar-refractivity contribution >= 4 is 11.6 Å². The Hall–Kier alpha value is -1.55. The van der Waals surface area contributed by atoms with Crippen molar-refractivity contribution in [3.63, 3.8) is 0 Å². The van der Waals surface area contributed by atoms with Crippen molar-refractivity contribution in [2.75, 3.05) is 18.5 Å². The van der Waals surface area contributed by atoms with E-state index in [-0.39, 0.29) is 11.8 Å². The van der Waals surface area contributed by atoms with Crippen LogP contribution in [0.2, 0.25) is 0 Å². The number of nitrogens with one attached hydrogen (secondary N) is 1. The maximum Gasteiger partial charge on any atom is 0.227 e. The minimum Gasteiger partial charge on any atom is -0.492 e. The van der Waals surface area contributed by atoms with Crippen molar-refractivity contribution in [3.8, 4) is 5.75 Å².